The smallest absolute Gasteiger partial charge is 0.0934 e. The Morgan fingerprint density at radius 1 is 1.08 bits per heavy atom. The Bertz CT molecular complexity index is 1910. The summed E-state index contributed by atoms with van der Waals surface area (Å²) in [6.07, 6.45) is 13.6. The second kappa shape index (κ2) is 8.93. The number of allylic oxidation sites excluding steroid dienone is 1. The van der Waals surface area contributed by atoms with E-state index in [0.29, 0.717) is 0 Å². The number of hydrogen-bond acceptors (Lipinski definition) is 6. The quantitative estimate of drug-likeness (QED) is 0.296. The van der Waals surface area contributed by atoms with Crippen LogP contribution in [0.3, 0.4) is 0 Å². The average Bonchev–Trinajstić information content (AvgIpc) is 3.41. The van der Waals surface area contributed by atoms with Gasteiger partial charge in [-0.05, 0) is 59.4 Å². The molecule has 0 saturated carbocycles. The maximum absolute atomic E-state index is 5.71. The van der Waals surface area contributed by atoms with Crippen LogP contribution in [0.2, 0.25) is 0 Å². The van der Waals surface area contributed by atoms with Gasteiger partial charge in [-0.15, -0.1) is 12.6 Å². The van der Waals surface area contributed by atoms with Crippen LogP contribution in [0.5, 0.6) is 0 Å². The Hall–Kier alpha value is -3.94. The van der Waals surface area contributed by atoms with E-state index < -0.39 is 0 Å². The second-order valence-electron chi connectivity index (χ2n) is 8.78. The Morgan fingerprint density at radius 2 is 1.94 bits per heavy atom. The summed E-state index contributed by atoms with van der Waals surface area (Å²) in [7, 11) is 0. The van der Waals surface area contributed by atoms with Crippen LogP contribution in [-0.4, -0.2) is 27.6 Å². The minimum atomic E-state index is 0.195. The fourth-order valence-electron chi connectivity index (χ4n) is 4.64. The summed E-state index contributed by atoms with van der Waals surface area (Å²) in [6, 6.07) is 11.8. The van der Waals surface area contributed by atoms with Gasteiger partial charge in [0.25, 0.3) is 0 Å². The minimum absolute atomic E-state index is 0.195. The molecule has 0 spiro atoms. The third kappa shape index (κ3) is 3.86. The van der Waals surface area contributed by atoms with Crippen molar-refractivity contribution in [2.75, 3.05) is 0 Å². The van der Waals surface area contributed by atoms with Crippen LogP contribution in [0.1, 0.15) is 40.9 Å². The topological polar surface area (TPSA) is 66.3 Å². The van der Waals surface area contributed by atoms with E-state index in [2.05, 4.69) is 33.7 Å². The van der Waals surface area contributed by atoms with Crippen LogP contribution in [0.15, 0.2) is 69.2 Å². The molecule has 1 atom stereocenters. The number of fused-ring (bicyclic) bond motifs is 2. The molecule has 0 radical (unpaired) electrons. The summed E-state index contributed by atoms with van der Waals surface area (Å²) in [5, 5.41) is 11.3. The van der Waals surface area contributed by atoms with Gasteiger partial charge in [0, 0.05) is 49.3 Å². The molecule has 3 aliphatic heterocycles. The summed E-state index contributed by atoms with van der Waals surface area (Å²) in [5.74, 6) is 0.195. The van der Waals surface area contributed by atoms with Crippen LogP contribution < -0.4 is 10.4 Å². The molecule has 36 heavy (non-hydrogen) atoms. The van der Waals surface area contributed by atoms with E-state index in [-0.39, 0.29) is 5.92 Å². The number of H-pyrrole nitrogens is 1. The van der Waals surface area contributed by atoms with Crippen molar-refractivity contribution in [2.24, 2.45) is 9.98 Å². The summed E-state index contributed by atoms with van der Waals surface area (Å²) < 4.78 is 0.776. The highest BCUT2D eigenvalue weighted by atomic mass is 32.1. The number of nitrogens with one attached hydrogen (secondary N) is 1. The van der Waals surface area contributed by atoms with E-state index in [4.69, 9.17) is 29.8 Å². The van der Waals surface area contributed by atoms with Crippen molar-refractivity contribution in [3.63, 3.8) is 0 Å². The lowest BCUT2D eigenvalue weighted by Crippen LogP contribution is -2.12. The molecule has 7 heteroatoms. The zero-order chi connectivity index (χ0) is 24.8. The van der Waals surface area contributed by atoms with Crippen LogP contribution in [-0.2, 0) is 0 Å². The van der Waals surface area contributed by atoms with E-state index in [1.165, 1.54) is 0 Å². The highest BCUT2D eigenvalue weighted by Gasteiger charge is 2.18. The number of thiol groups is 1. The average molecular weight is 504 g/mol. The van der Waals surface area contributed by atoms with Gasteiger partial charge in [-0.1, -0.05) is 37.9 Å². The molecule has 6 rings (SSSR count). The van der Waals surface area contributed by atoms with Crippen molar-refractivity contribution in [3.8, 4) is 0 Å². The minimum Gasteiger partial charge on any atom is -0.276 e. The van der Waals surface area contributed by atoms with E-state index in [0.717, 1.165) is 69.9 Å². The Balaban J connectivity index is 1.48. The van der Waals surface area contributed by atoms with Crippen molar-refractivity contribution in [3.05, 3.63) is 108 Å². The molecule has 4 heterocycles. The van der Waals surface area contributed by atoms with Gasteiger partial charge in [-0.3, -0.25) is 20.1 Å². The van der Waals surface area contributed by atoms with Gasteiger partial charge in [-0.25, -0.2) is 0 Å². The zero-order valence-electron chi connectivity index (χ0n) is 19.4. The predicted octanol–water partition coefficient (Wildman–Crippen LogP) is 5.09. The highest BCUT2D eigenvalue weighted by molar-refractivity contribution is 7.80. The molecule has 1 aromatic carbocycles. The van der Waals surface area contributed by atoms with Gasteiger partial charge >= 0.3 is 0 Å². The largest absolute Gasteiger partial charge is 0.276 e. The van der Waals surface area contributed by atoms with Gasteiger partial charge < -0.3 is 0 Å². The highest BCUT2D eigenvalue weighted by Crippen LogP contribution is 2.35. The molecule has 0 amide bonds. The summed E-state index contributed by atoms with van der Waals surface area (Å²) in [6.45, 7) is 6.29. The zero-order valence-corrected chi connectivity index (χ0v) is 21.1. The fraction of sp³-hybridized carbons (Fsp3) is 0.0690. The lowest BCUT2D eigenvalue weighted by molar-refractivity contribution is 1.07. The third-order valence-corrected chi connectivity index (χ3v) is 7.16. The van der Waals surface area contributed by atoms with Crippen LogP contribution in [0.25, 0.3) is 24.8 Å². The van der Waals surface area contributed by atoms with Crippen molar-refractivity contribution in [1.82, 2.24) is 15.2 Å². The van der Waals surface area contributed by atoms with Crippen LogP contribution in [0, 0.1) is 15.1 Å². The molecular weight excluding hydrogens is 482 g/mol. The standard InChI is InChI=1S/C29H21N5S2/c1-16-13-31-22-5-3-7-26(35)20(28(16)22)11-18-9-10-19-24(33-34-25(19)15-30-18)12-21-27(36)8-4-6-23-29(21)17(2)14-32-23/h3-16,36H,2H2,1H3,(H,33,34)/b18-11+,21-12-/t16-/m0/s1. The van der Waals surface area contributed by atoms with Gasteiger partial charge in [0.15, 0.2) is 0 Å². The van der Waals surface area contributed by atoms with Crippen LogP contribution >= 0.6 is 24.8 Å². The Labute approximate surface area is 218 Å². The molecule has 0 unspecified atom stereocenters. The SMILES string of the molecule is C=c1cnc2cccc(S)/c(=C/c3n[nH]c4c3C=C/C(=C\c3c5c(cccc3=S)N=C[C@@H]5C)N=C4)c1=2. The number of aromatic nitrogens is 3. The molecule has 174 valence electrons. The summed E-state index contributed by atoms with van der Waals surface area (Å²) >= 11 is 10.4. The fourth-order valence-corrected chi connectivity index (χ4v) is 5.15. The molecule has 1 aliphatic carbocycles. The molecule has 1 aromatic heterocycles. The number of aromatic amines is 1. The van der Waals surface area contributed by atoms with Crippen LogP contribution in [0.4, 0.5) is 5.69 Å². The Kier molecular flexibility index (Phi) is 5.59. The van der Waals surface area contributed by atoms with Crippen molar-refractivity contribution in [2.45, 2.75) is 17.7 Å². The predicted molar refractivity (Wildman–Crippen MR) is 152 cm³/mol. The van der Waals surface area contributed by atoms with Crippen molar-refractivity contribution in [1.29, 1.82) is 0 Å². The molecule has 4 aliphatic rings. The maximum Gasteiger partial charge on any atom is 0.0934 e. The lowest BCUT2D eigenvalue weighted by Gasteiger charge is -2.05. The van der Waals surface area contributed by atoms with Gasteiger partial charge in [-0.2, -0.15) is 5.10 Å². The van der Waals surface area contributed by atoms with Gasteiger partial charge in [0.1, 0.15) is 0 Å². The number of nitrogens with zero attached hydrogens (tertiary/aromatic N) is 4. The first-order valence-electron chi connectivity index (χ1n) is 11.5. The van der Waals surface area contributed by atoms with Crippen molar-refractivity contribution < 1.29 is 0 Å². The molecule has 0 bridgehead atoms. The summed E-state index contributed by atoms with van der Waals surface area (Å²) in [4.78, 5) is 14.6. The first-order chi connectivity index (χ1) is 17.5. The maximum atomic E-state index is 5.71. The Morgan fingerprint density at radius 3 is 2.83 bits per heavy atom. The molecule has 0 saturated heterocycles. The molecular formula is C29H21N5S2. The first-order valence-corrected chi connectivity index (χ1v) is 12.4. The molecule has 0 fully saturated rings. The van der Waals surface area contributed by atoms with E-state index >= 15 is 0 Å². The lowest BCUT2D eigenvalue weighted by atomic mass is 9.99. The molecule has 1 N–H and O–H groups in total. The molecule has 5 nitrogen and oxygen atoms in total. The van der Waals surface area contributed by atoms with E-state index in [9.17, 15) is 0 Å². The first kappa shape index (κ1) is 22.5. The number of hydrogen-bond donors (Lipinski definition) is 2. The monoisotopic (exact) mass is 503 g/mol. The summed E-state index contributed by atoms with van der Waals surface area (Å²) in [5.41, 5.74) is 6.42. The van der Waals surface area contributed by atoms with Gasteiger partial charge in [0.2, 0.25) is 0 Å². The van der Waals surface area contributed by atoms with Crippen molar-refractivity contribution >= 4 is 67.8 Å². The van der Waals surface area contributed by atoms with Gasteiger partial charge in [0.05, 0.1) is 34.3 Å². The third-order valence-electron chi connectivity index (χ3n) is 6.42. The number of rotatable bonds is 2. The van der Waals surface area contributed by atoms with E-state index in [1.807, 2.05) is 66.9 Å². The molecule has 2 aromatic rings. The normalized spacial score (nSPS) is 17.6. The number of aliphatic imine (C=N–C) groups is 2. The van der Waals surface area contributed by atoms with E-state index in [1.54, 1.807) is 12.4 Å². The second-order valence-corrected chi connectivity index (χ2v) is 9.70.